The molecule has 0 saturated carbocycles. The molecule has 0 rings (SSSR count). The fourth-order valence-electron chi connectivity index (χ4n) is 1.22. The normalized spacial score (nSPS) is 11.1. The Morgan fingerprint density at radius 3 is 1.06 bits per heavy atom. The van der Waals surface area contributed by atoms with E-state index < -0.39 is 16.1 Å². The molecular formula is C14H26Si2. The quantitative estimate of drug-likeness (QED) is 0.515. The van der Waals surface area contributed by atoms with Crippen LogP contribution < -0.4 is 0 Å². The minimum Gasteiger partial charge on any atom is -0.118 e. The largest absolute Gasteiger partial charge is 0.136 e. The molecule has 0 aromatic rings. The second kappa shape index (κ2) is 6.99. The Morgan fingerprint density at radius 2 is 0.875 bits per heavy atom. The third kappa shape index (κ3) is 5.06. The van der Waals surface area contributed by atoms with Gasteiger partial charge >= 0.3 is 0 Å². The molecule has 16 heavy (non-hydrogen) atoms. The van der Waals surface area contributed by atoms with Gasteiger partial charge in [-0.3, -0.25) is 0 Å². The van der Waals surface area contributed by atoms with Crippen LogP contribution in [0.4, 0.5) is 0 Å². The van der Waals surface area contributed by atoms with Crippen molar-refractivity contribution in [2.45, 2.75) is 65.0 Å². The van der Waals surface area contributed by atoms with Crippen molar-refractivity contribution in [1.82, 2.24) is 0 Å². The molecule has 0 nitrogen and oxygen atoms in total. The molecule has 0 aromatic carbocycles. The first kappa shape index (κ1) is 15.6. The van der Waals surface area contributed by atoms with Gasteiger partial charge in [0.05, 0.1) is 0 Å². The zero-order valence-corrected chi connectivity index (χ0v) is 13.8. The standard InChI is InChI=1S/C14H26Si2/c1-7-15(5,8-2)13-11-12-14-16(6,9-3)10-4/h7-10H2,1-6H3. The molecule has 0 heterocycles. The summed E-state index contributed by atoms with van der Waals surface area (Å²) in [5, 5.41) is 0. The van der Waals surface area contributed by atoms with Gasteiger partial charge in [-0.25, -0.2) is 0 Å². The van der Waals surface area contributed by atoms with Gasteiger partial charge in [0.1, 0.15) is 16.1 Å². The van der Waals surface area contributed by atoms with Crippen molar-refractivity contribution in [3.05, 3.63) is 0 Å². The van der Waals surface area contributed by atoms with E-state index in [9.17, 15) is 0 Å². The Kier molecular flexibility index (Phi) is 6.80. The van der Waals surface area contributed by atoms with Crippen LogP contribution in [0.5, 0.6) is 0 Å². The van der Waals surface area contributed by atoms with Crippen LogP contribution in [0.15, 0.2) is 0 Å². The molecule has 90 valence electrons. The molecule has 0 amide bonds. The van der Waals surface area contributed by atoms with Gasteiger partial charge < -0.3 is 0 Å². The molecule has 0 N–H and O–H groups in total. The first-order valence-corrected chi connectivity index (χ1v) is 12.3. The summed E-state index contributed by atoms with van der Waals surface area (Å²) >= 11 is 0. The van der Waals surface area contributed by atoms with Crippen molar-refractivity contribution >= 4 is 16.1 Å². The molecule has 0 radical (unpaired) electrons. The van der Waals surface area contributed by atoms with Crippen LogP contribution >= 0.6 is 0 Å². The molecule has 0 aliphatic carbocycles. The Balaban J connectivity index is 4.68. The van der Waals surface area contributed by atoms with Crippen LogP contribution in [-0.4, -0.2) is 16.1 Å². The number of rotatable bonds is 4. The fourth-order valence-corrected chi connectivity index (χ4v) is 3.65. The maximum absolute atomic E-state index is 3.45. The maximum atomic E-state index is 3.45. The molecule has 0 unspecified atom stereocenters. The van der Waals surface area contributed by atoms with Crippen LogP contribution in [-0.2, 0) is 0 Å². The molecule has 0 bridgehead atoms. The van der Waals surface area contributed by atoms with Gasteiger partial charge in [-0.1, -0.05) is 40.8 Å². The Bertz CT molecular complexity index is 280. The SMILES string of the molecule is CC[Si](C)(C#CC#C[Si](C)(CC)CC)CC. The van der Waals surface area contributed by atoms with Crippen LogP contribution in [0.1, 0.15) is 27.7 Å². The highest BCUT2D eigenvalue weighted by atomic mass is 28.3. The van der Waals surface area contributed by atoms with Gasteiger partial charge in [0.15, 0.2) is 0 Å². The third-order valence-corrected chi connectivity index (χ3v) is 11.6. The molecule has 0 atom stereocenters. The van der Waals surface area contributed by atoms with Gasteiger partial charge in [-0.05, 0) is 36.0 Å². The highest BCUT2D eigenvalue weighted by Gasteiger charge is 2.20. The number of hydrogen-bond donors (Lipinski definition) is 0. The zero-order chi connectivity index (χ0) is 12.7. The van der Waals surface area contributed by atoms with E-state index >= 15 is 0 Å². The van der Waals surface area contributed by atoms with Crippen molar-refractivity contribution < 1.29 is 0 Å². The monoisotopic (exact) mass is 250 g/mol. The Morgan fingerprint density at radius 1 is 0.625 bits per heavy atom. The third-order valence-electron chi connectivity index (χ3n) is 3.91. The summed E-state index contributed by atoms with van der Waals surface area (Å²) < 4.78 is 0. The maximum Gasteiger partial charge on any atom is 0.136 e. The first-order valence-electron chi connectivity index (χ1n) is 6.49. The summed E-state index contributed by atoms with van der Waals surface area (Å²) in [4.78, 5) is 0. The minimum atomic E-state index is -1.26. The van der Waals surface area contributed by atoms with E-state index in [0.717, 1.165) is 0 Å². The molecule has 2 heteroatoms. The summed E-state index contributed by atoms with van der Waals surface area (Å²) in [6.45, 7) is 13.8. The molecule has 0 aliphatic rings. The molecule has 0 aromatic heterocycles. The van der Waals surface area contributed by atoms with Crippen molar-refractivity contribution in [1.29, 1.82) is 0 Å². The van der Waals surface area contributed by atoms with Crippen molar-refractivity contribution in [3.8, 4) is 22.9 Å². The minimum absolute atomic E-state index is 1.24. The van der Waals surface area contributed by atoms with Crippen molar-refractivity contribution in [3.63, 3.8) is 0 Å². The second-order valence-electron chi connectivity index (χ2n) is 5.04. The van der Waals surface area contributed by atoms with Crippen LogP contribution in [0.2, 0.25) is 37.3 Å². The fraction of sp³-hybridized carbons (Fsp3) is 0.714. The van der Waals surface area contributed by atoms with E-state index in [4.69, 9.17) is 0 Å². The van der Waals surface area contributed by atoms with Crippen molar-refractivity contribution in [2.75, 3.05) is 0 Å². The summed E-state index contributed by atoms with van der Waals surface area (Å²) in [6.07, 6.45) is 0. The Labute approximate surface area is 104 Å². The lowest BCUT2D eigenvalue weighted by molar-refractivity contribution is 1.28. The zero-order valence-electron chi connectivity index (χ0n) is 11.8. The average molecular weight is 251 g/mol. The number of hydrogen-bond acceptors (Lipinski definition) is 0. The van der Waals surface area contributed by atoms with Gasteiger partial charge in [-0.15, -0.1) is 11.1 Å². The molecule has 0 aliphatic heterocycles. The lowest BCUT2D eigenvalue weighted by Crippen LogP contribution is -2.26. The van der Waals surface area contributed by atoms with E-state index in [0.29, 0.717) is 0 Å². The average Bonchev–Trinajstić information content (AvgIpc) is 2.34. The topological polar surface area (TPSA) is 0 Å². The molecule has 0 spiro atoms. The van der Waals surface area contributed by atoms with Gasteiger partial charge in [0.2, 0.25) is 0 Å². The highest BCUT2D eigenvalue weighted by molar-refractivity contribution is 6.86. The highest BCUT2D eigenvalue weighted by Crippen LogP contribution is 2.13. The van der Waals surface area contributed by atoms with Gasteiger partial charge in [-0.2, -0.15) is 0 Å². The lowest BCUT2D eigenvalue weighted by Gasteiger charge is -2.15. The van der Waals surface area contributed by atoms with Gasteiger partial charge in [0.25, 0.3) is 0 Å². The van der Waals surface area contributed by atoms with Crippen LogP contribution in [0.25, 0.3) is 0 Å². The lowest BCUT2D eigenvalue weighted by atomic mass is 10.7. The Hall–Kier alpha value is -0.446. The van der Waals surface area contributed by atoms with Crippen molar-refractivity contribution in [2.24, 2.45) is 0 Å². The first-order chi connectivity index (χ1) is 7.45. The van der Waals surface area contributed by atoms with E-state index in [2.05, 4.69) is 63.7 Å². The smallest absolute Gasteiger partial charge is 0.118 e. The summed E-state index contributed by atoms with van der Waals surface area (Å²) in [5.41, 5.74) is 6.91. The van der Waals surface area contributed by atoms with Crippen LogP contribution in [0, 0.1) is 22.9 Å². The summed E-state index contributed by atoms with van der Waals surface area (Å²) in [6, 6.07) is 4.98. The predicted molar refractivity (Wildman–Crippen MR) is 80.7 cm³/mol. The van der Waals surface area contributed by atoms with E-state index in [1.165, 1.54) is 24.2 Å². The van der Waals surface area contributed by atoms with Crippen LogP contribution in [0.3, 0.4) is 0 Å². The van der Waals surface area contributed by atoms with E-state index in [-0.39, 0.29) is 0 Å². The summed E-state index contributed by atoms with van der Waals surface area (Å²) in [7, 11) is -2.52. The van der Waals surface area contributed by atoms with E-state index in [1.807, 2.05) is 0 Å². The second-order valence-corrected chi connectivity index (χ2v) is 14.6. The summed E-state index contributed by atoms with van der Waals surface area (Å²) in [5.74, 6) is 6.27. The molecular weight excluding hydrogens is 224 g/mol. The molecule has 0 fully saturated rings. The predicted octanol–water partition coefficient (Wildman–Crippen LogP) is 4.31. The van der Waals surface area contributed by atoms with Gasteiger partial charge in [0, 0.05) is 0 Å². The molecule has 0 saturated heterocycles. The van der Waals surface area contributed by atoms with E-state index in [1.54, 1.807) is 0 Å².